The van der Waals surface area contributed by atoms with Gasteiger partial charge in [0.2, 0.25) is 0 Å². The van der Waals surface area contributed by atoms with Gasteiger partial charge < -0.3 is 23.7 Å². The van der Waals surface area contributed by atoms with E-state index < -0.39 is 52.7 Å². The second-order valence-electron chi connectivity index (χ2n) is 9.23. The summed E-state index contributed by atoms with van der Waals surface area (Å²) in [5.74, 6) is -1.71. The predicted molar refractivity (Wildman–Crippen MR) is 92.8 cm³/mol. The van der Waals surface area contributed by atoms with E-state index in [0.717, 1.165) is 0 Å². The molecule has 158 valence electrons. The molecule has 0 aliphatic carbocycles. The maximum absolute atomic E-state index is 12.4. The summed E-state index contributed by atoms with van der Waals surface area (Å²) in [5, 5.41) is 0. The summed E-state index contributed by atoms with van der Waals surface area (Å²) in [4.78, 5) is 0. The van der Waals surface area contributed by atoms with Crippen LogP contribution in [0.4, 0.5) is 0 Å². The molecule has 0 saturated carbocycles. The molecular formula is C17H30O9S. The number of ether oxygens (including phenoxy) is 5. The zero-order chi connectivity index (χ0) is 20.3. The minimum Gasteiger partial charge on any atom is -0.348 e. The lowest BCUT2D eigenvalue weighted by Gasteiger charge is -2.28. The van der Waals surface area contributed by atoms with Crippen LogP contribution in [0.2, 0.25) is 0 Å². The molecule has 0 aromatic carbocycles. The van der Waals surface area contributed by atoms with Crippen molar-refractivity contribution in [3.05, 3.63) is 0 Å². The van der Waals surface area contributed by atoms with Crippen LogP contribution >= 0.6 is 0 Å². The lowest BCUT2D eigenvalue weighted by Crippen LogP contribution is -2.45. The third kappa shape index (κ3) is 5.18. The highest BCUT2D eigenvalue weighted by Crippen LogP contribution is 2.42. The van der Waals surface area contributed by atoms with E-state index in [0.29, 0.717) is 0 Å². The van der Waals surface area contributed by atoms with Gasteiger partial charge in [0.1, 0.15) is 24.4 Å². The molecule has 0 unspecified atom stereocenters. The molecule has 0 N–H and O–H groups in total. The largest absolute Gasteiger partial charge is 0.400 e. The van der Waals surface area contributed by atoms with Gasteiger partial charge in [-0.15, -0.1) is 0 Å². The summed E-state index contributed by atoms with van der Waals surface area (Å²) >= 11 is 0. The minimum absolute atomic E-state index is 0.0133. The second-order valence-corrected chi connectivity index (χ2v) is 10.5. The second kappa shape index (κ2) is 6.88. The number of rotatable bonds is 5. The summed E-state index contributed by atoms with van der Waals surface area (Å²) in [5.41, 5.74) is -0.341. The Morgan fingerprint density at radius 1 is 1.00 bits per heavy atom. The molecule has 3 aliphatic rings. The highest BCUT2D eigenvalue weighted by Gasteiger charge is 2.60. The molecule has 3 heterocycles. The van der Waals surface area contributed by atoms with Crippen LogP contribution in [0.25, 0.3) is 0 Å². The van der Waals surface area contributed by atoms with Crippen molar-refractivity contribution in [2.45, 2.75) is 90.7 Å². The summed E-state index contributed by atoms with van der Waals surface area (Å²) in [6, 6.07) is 0. The molecule has 0 spiro atoms. The molecule has 27 heavy (non-hydrogen) atoms. The van der Waals surface area contributed by atoms with E-state index in [9.17, 15) is 8.42 Å². The van der Waals surface area contributed by atoms with Gasteiger partial charge >= 0.3 is 10.4 Å². The molecule has 0 aromatic heterocycles. The quantitative estimate of drug-likeness (QED) is 0.670. The molecule has 3 fully saturated rings. The van der Waals surface area contributed by atoms with Crippen LogP contribution in [0.3, 0.4) is 0 Å². The Morgan fingerprint density at radius 2 is 1.67 bits per heavy atom. The third-order valence-electron chi connectivity index (χ3n) is 4.29. The highest BCUT2D eigenvalue weighted by atomic mass is 32.3. The molecule has 9 nitrogen and oxygen atoms in total. The van der Waals surface area contributed by atoms with E-state index in [4.69, 9.17) is 32.1 Å². The van der Waals surface area contributed by atoms with Gasteiger partial charge in [0, 0.05) is 0 Å². The van der Waals surface area contributed by atoms with Crippen LogP contribution in [0, 0.1) is 5.41 Å². The van der Waals surface area contributed by atoms with Crippen LogP contribution in [-0.4, -0.2) is 63.9 Å². The van der Waals surface area contributed by atoms with Crippen molar-refractivity contribution >= 4 is 10.4 Å². The number of fused-ring (bicyclic) bond motifs is 1. The predicted octanol–water partition coefficient (Wildman–Crippen LogP) is 1.71. The molecular weight excluding hydrogens is 380 g/mol. The van der Waals surface area contributed by atoms with Crippen molar-refractivity contribution in [3.8, 4) is 0 Å². The lowest BCUT2D eigenvalue weighted by atomic mass is 9.99. The Bertz CT molecular complexity index is 652. The SMILES string of the molecule is CC(C)(C)COS(=O)(=O)O[C@@H]1[C@H]2OC(C)(C)O[C@H]2O[C@@H]1[C@@H]1COC(C)(C)O1. The fraction of sp³-hybridized carbons (Fsp3) is 1.00. The summed E-state index contributed by atoms with van der Waals surface area (Å²) in [7, 11) is -4.28. The molecule has 5 atom stereocenters. The normalized spacial score (nSPS) is 38.3. The first-order valence-electron chi connectivity index (χ1n) is 9.07. The topological polar surface area (TPSA) is 98.8 Å². The molecule has 0 aromatic rings. The fourth-order valence-corrected chi connectivity index (χ4v) is 4.25. The van der Waals surface area contributed by atoms with Crippen molar-refractivity contribution in [1.29, 1.82) is 0 Å². The molecule has 0 bridgehead atoms. The first kappa shape index (κ1) is 21.4. The van der Waals surface area contributed by atoms with Gasteiger partial charge in [-0.2, -0.15) is 8.42 Å². The maximum Gasteiger partial charge on any atom is 0.400 e. The lowest BCUT2D eigenvalue weighted by molar-refractivity contribution is -0.230. The van der Waals surface area contributed by atoms with Crippen LogP contribution in [0.1, 0.15) is 48.5 Å². The monoisotopic (exact) mass is 410 g/mol. The third-order valence-corrected chi connectivity index (χ3v) is 5.15. The van der Waals surface area contributed by atoms with Crippen LogP contribution in [0.15, 0.2) is 0 Å². The van der Waals surface area contributed by atoms with Crippen molar-refractivity contribution < 1.29 is 40.5 Å². The molecule has 0 radical (unpaired) electrons. The van der Waals surface area contributed by atoms with Crippen LogP contribution in [-0.2, 0) is 42.4 Å². The Kier molecular flexibility index (Phi) is 5.44. The van der Waals surface area contributed by atoms with Gasteiger partial charge in [-0.25, -0.2) is 8.37 Å². The van der Waals surface area contributed by atoms with Gasteiger partial charge in [0.25, 0.3) is 0 Å². The van der Waals surface area contributed by atoms with Crippen LogP contribution in [0.5, 0.6) is 0 Å². The molecule has 10 heteroatoms. The van der Waals surface area contributed by atoms with Gasteiger partial charge in [0.15, 0.2) is 17.9 Å². The zero-order valence-corrected chi connectivity index (χ0v) is 17.7. The van der Waals surface area contributed by atoms with Gasteiger partial charge in [-0.05, 0) is 33.1 Å². The zero-order valence-electron chi connectivity index (χ0n) is 16.9. The number of hydrogen-bond acceptors (Lipinski definition) is 9. The van der Waals surface area contributed by atoms with E-state index >= 15 is 0 Å². The van der Waals surface area contributed by atoms with E-state index in [-0.39, 0.29) is 18.6 Å². The van der Waals surface area contributed by atoms with E-state index in [1.165, 1.54) is 0 Å². The molecule has 3 saturated heterocycles. The molecule has 3 rings (SSSR count). The first-order chi connectivity index (χ1) is 12.2. The van der Waals surface area contributed by atoms with Gasteiger partial charge in [-0.3, -0.25) is 0 Å². The summed E-state index contributed by atoms with van der Waals surface area (Å²) in [6.45, 7) is 12.8. The Balaban J connectivity index is 1.76. The van der Waals surface area contributed by atoms with Crippen LogP contribution < -0.4 is 0 Å². The average Bonchev–Trinajstić information content (AvgIpc) is 3.07. The minimum atomic E-state index is -4.28. The Hall–Kier alpha value is -0.330. The Labute approximate surface area is 160 Å². The standard InChI is InChI=1S/C17H30O9S/c1-15(2,3)9-21-27(18,19)26-12-11(10-8-20-16(4,5)23-10)22-14-13(12)24-17(6,7)25-14/h10-14H,8-9H2,1-7H3/t10-,11+,12-,13+,14+/m0/s1. The summed E-state index contributed by atoms with van der Waals surface area (Å²) < 4.78 is 64.1. The van der Waals surface area contributed by atoms with Gasteiger partial charge in [-0.1, -0.05) is 20.8 Å². The van der Waals surface area contributed by atoms with Crippen molar-refractivity contribution in [2.75, 3.05) is 13.2 Å². The highest BCUT2D eigenvalue weighted by molar-refractivity contribution is 7.81. The molecule has 3 aliphatic heterocycles. The van der Waals surface area contributed by atoms with Crippen molar-refractivity contribution in [1.82, 2.24) is 0 Å². The van der Waals surface area contributed by atoms with Crippen molar-refractivity contribution in [3.63, 3.8) is 0 Å². The number of hydrogen-bond donors (Lipinski definition) is 0. The maximum atomic E-state index is 12.4. The Morgan fingerprint density at radius 3 is 2.22 bits per heavy atom. The van der Waals surface area contributed by atoms with Gasteiger partial charge in [0.05, 0.1) is 13.2 Å². The van der Waals surface area contributed by atoms with E-state index in [1.54, 1.807) is 27.7 Å². The average molecular weight is 410 g/mol. The van der Waals surface area contributed by atoms with Crippen molar-refractivity contribution in [2.24, 2.45) is 5.41 Å². The van der Waals surface area contributed by atoms with E-state index in [2.05, 4.69) is 0 Å². The fourth-order valence-electron chi connectivity index (χ4n) is 3.20. The first-order valence-corrected chi connectivity index (χ1v) is 10.4. The van der Waals surface area contributed by atoms with E-state index in [1.807, 2.05) is 20.8 Å². The summed E-state index contributed by atoms with van der Waals surface area (Å²) in [6.07, 6.45) is -3.75. The molecule has 0 amide bonds. The smallest absolute Gasteiger partial charge is 0.348 e.